The second-order valence-corrected chi connectivity index (χ2v) is 8.17. The maximum Gasteiger partial charge on any atom is 0.141 e. The number of Topliss-reactive ketones (excluding diaryl/α,β-unsaturated/α-hetero) is 1. The Morgan fingerprint density at radius 2 is 1.85 bits per heavy atom. The van der Waals surface area contributed by atoms with Gasteiger partial charge in [0.25, 0.3) is 0 Å². The lowest BCUT2D eigenvalue weighted by Gasteiger charge is -2.54. The number of carbonyl (C=O) groups excluding carboxylic acids is 1. The molecule has 2 bridgehead atoms. The summed E-state index contributed by atoms with van der Waals surface area (Å²) in [6, 6.07) is 0. The van der Waals surface area contributed by atoms with E-state index in [9.17, 15) is 4.79 Å². The lowest BCUT2D eigenvalue weighted by Crippen LogP contribution is -2.60. The van der Waals surface area contributed by atoms with Crippen molar-refractivity contribution >= 4 is 5.78 Å². The van der Waals surface area contributed by atoms with Crippen LogP contribution in [0.1, 0.15) is 79.1 Å². The van der Waals surface area contributed by atoms with E-state index in [1.54, 1.807) is 0 Å². The summed E-state index contributed by atoms with van der Waals surface area (Å²) in [5.74, 6) is 1.73. The Morgan fingerprint density at radius 1 is 1.15 bits per heavy atom. The molecule has 2 aliphatic carbocycles. The third kappa shape index (κ3) is 1.76. The molecular formula is C18H30O2. The number of carbonyl (C=O) groups is 1. The van der Waals surface area contributed by atoms with Crippen LogP contribution in [0.5, 0.6) is 0 Å². The number of rotatable bonds is 3. The third-order valence-corrected chi connectivity index (χ3v) is 6.80. The molecule has 20 heavy (non-hydrogen) atoms. The van der Waals surface area contributed by atoms with Crippen molar-refractivity contribution in [2.24, 2.45) is 17.3 Å². The summed E-state index contributed by atoms with van der Waals surface area (Å²) < 4.78 is 6.73. The Bertz CT molecular complexity index is 414. The Morgan fingerprint density at radius 3 is 2.55 bits per heavy atom. The maximum absolute atomic E-state index is 12.8. The first kappa shape index (κ1) is 14.6. The first-order valence-corrected chi connectivity index (χ1v) is 8.59. The second-order valence-electron chi connectivity index (χ2n) is 8.17. The van der Waals surface area contributed by atoms with E-state index in [4.69, 9.17) is 4.74 Å². The molecule has 2 heteroatoms. The predicted octanol–water partition coefficient (Wildman–Crippen LogP) is 4.51. The van der Waals surface area contributed by atoms with Crippen molar-refractivity contribution in [3.8, 4) is 0 Å². The van der Waals surface area contributed by atoms with Crippen LogP contribution in [0.15, 0.2) is 0 Å². The summed E-state index contributed by atoms with van der Waals surface area (Å²) in [7, 11) is 0. The van der Waals surface area contributed by atoms with Crippen molar-refractivity contribution < 1.29 is 9.53 Å². The van der Waals surface area contributed by atoms with Crippen molar-refractivity contribution in [1.29, 1.82) is 0 Å². The van der Waals surface area contributed by atoms with E-state index < -0.39 is 0 Å². The minimum atomic E-state index is -0.238. The summed E-state index contributed by atoms with van der Waals surface area (Å²) in [5.41, 5.74) is -0.428. The van der Waals surface area contributed by atoms with Crippen molar-refractivity contribution in [1.82, 2.24) is 0 Å². The van der Waals surface area contributed by atoms with Crippen molar-refractivity contribution in [3.63, 3.8) is 0 Å². The van der Waals surface area contributed by atoms with E-state index >= 15 is 0 Å². The molecule has 0 aromatic carbocycles. The summed E-state index contributed by atoms with van der Waals surface area (Å²) in [4.78, 5) is 12.8. The molecule has 1 aliphatic heterocycles. The van der Waals surface area contributed by atoms with Crippen LogP contribution in [0.3, 0.4) is 0 Å². The van der Waals surface area contributed by atoms with Gasteiger partial charge in [-0.25, -0.2) is 0 Å². The fourth-order valence-electron chi connectivity index (χ4n) is 5.41. The zero-order valence-electron chi connectivity index (χ0n) is 13.6. The number of hydrogen-bond donors (Lipinski definition) is 0. The highest BCUT2D eigenvalue weighted by Crippen LogP contribution is 2.64. The van der Waals surface area contributed by atoms with Gasteiger partial charge in [-0.05, 0) is 64.7 Å². The van der Waals surface area contributed by atoms with E-state index in [2.05, 4.69) is 27.7 Å². The topological polar surface area (TPSA) is 26.3 Å². The van der Waals surface area contributed by atoms with Gasteiger partial charge in [-0.2, -0.15) is 0 Å². The molecule has 0 aromatic rings. The average Bonchev–Trinajstić information content (AvgIpc) is 2.61. The quantitative estimate of drug-likeness (QED) is 0.759. The molecule has 1 spiro atoms. The van der Waals surface area contributed by atoms with Crippen LogP contribution < -0.4 is 0 Å². The number of ketones is 1. The molecule has 0 N–H and O–H groups in total. The molecule has 4 unspecified atom stereocenters. The second kappa shape index (κ2) is 4.56. The molecule has 114 valence electrons. The van der Waals surface area contributed by atoms with Crippen LogP contribution in [0, 0.1) is 17.3 Å². The summed E-state index contributed by atoms with van der Waals surface area (Å²) in [6.45, 7) is 8.93. The van der Waals surface area contributed by atoms with Crippen LogP contribution >= 0.6 is 0 Å². The predicted molar refractivity (Wildman–Crippen MR) is 80.6 cm³/mol. The number of ether oxygens (including phenoxy) is 1. The molecule has 0 radical (unpaired) electrons. The van der Waals surface area contributed by atoms with Crippen LogP contribution in [0.25, 0.3) is 0 Å². The van der Waals surface area contributed by atoms with Crippen molar-refractivity contribution in [2.75, 3.05) is 0 Å². The minimum Gasteiger partial charge on any atom is -0.368 e. The lowest BCUT2D eigenvalue weighted by molar-refractivity contribution is -0.199. The third-order valence-electron chi connectivity index (χ3n) is 6.80. The number of fused-ring (bicyclic) bond motifs is 1. The maximum atomic E-state index is 12.8. The van der Waals surface area contributed by atoms with Gasteiger partial charge in [-0.15, -0.1) is 0 Å². The van der Waals surface area contributed by atoms with E-state index in [-0.39, 0.29) is 16.6 Å². The average molecular weight is 278 g/mol. The van der Waals surface area contributed by atoms with Gasteiger partial charge in [0.1, 0.15) is 5.78 Å². The van der Waals surface area contributed by atoms with Gasteiger partial charge in [-0.3, -0.25) is 4.79 Å². The minimum absolute atomic E-state index is 0.0418. The Hall–Kier alpha value is -0.370. The zero-order valence-corrected chi connectivity index (χ0v) is 13.6. The zero-order chi connectivity index (χ0) is 14.6. The van der Waals surface area contributed by atoms with Crippen LogP contribution in [0.2, 0.25) is 0 Å². The molecule has 0 aromatic heterocycles. The molecule has 0 amide bonds. The molecule has 4 atom stereocenters. The van der Waals surface area contributed by atoms with E-state index in [1.807, 2.05) is 0 Å². The summed E-state index contributed by atoms with van der Waals surface area (Å²) >= 11 is 0. The van der Waals surface area contributed by atoms with Gasteiger partial charge < -0.3 is 4.74 Å². The van der Waals surface area contributed by atoms with Crippen molar-refractivity contribution in [2.45, 2.75) is 90.3 Å². The molecule has 3 fully saturated rings. The lowest BCUT2D eigenvalue weighted by atomic mass is 9.52. The number of unbranched alkanes of at least 4 members (excludes halogenated alkanes) is 1. The summed E-state index contributed by atoms with van der Waals surface area (Å²) in [6.07, 6.45) is 8.84. The smallest absolute Gasteiger partial charge is 0.141 e. The molecule has 2 saturated carbocycles. The van der Waals surface area contributed by atoms with Gasteiger partial charge in [0, 0.05) is 6.42 Å². The van der Waals surface area contributed by atoms with Crippen molar-refractivity contribution in [3.05, 3.63) is 0 Å². The van der Waals surface area contributed by atoms with Crippen LogP contribution in [-0.2, 0) is 9.53 Å². The molecular weight excluding hydrogens is 248 g/mol. The Balaban J connectivity index is 2.01. The standard InChI is InChI=1S/C18H30O2/c1-5-6-11-17(4)15(19)10-9-13-7-8-14-12-18(13,17)20-16(14,2)3/h13-14H,5-12H2,1-4H3. The molecule has 1 heterocycles. The SMILES string of the molecule is CCCCC1(C)C(=O)CCC2CCC3CC21OC3(C)C. The first-order valence-electron chi connectivity index (χ1n) is 8.59. The molecule has 1 saturated heterocycles. The van der Waals surface area contributed by atoms with Gasteiger partial charge in [0.05, 0.1) is 16.6 Å². The van der Waals surface area contributed by atoms with Crippen LogP contribution in [0.4, 0.5) is 0 Å². The molecule has 2 nitrogen and oxygen atoms in total. The monoisotopic (exact) mass is 278 g/mol. The van der Waals surface area contributed by atoms with Gasteiger partial charge in [0.15, 0.2) is 0 Å². The van der Waals surface area contributed by atoms with Gasteiger partial charge in [-0.1, -0.05) is 19.8 Å². The Labute approximate surface area is 123 Å². The largest absolute Gasteiger partial charge is 0.368 e. The van der Waals surface area contributed by atoms with E-state index in [0.29, 0.717) is 17.6 Å². The van der Waals surface area contributed by atoms with E-state index in [0.717, 1.165) is 38.5 Å². The Kier molecular flexibility index (Phi) is 3.32. The highest BCUT2D eigenvalue weighted by atomic mass is 16.5. The summed E-state index contributed by atoms with van der Waals surface area (Å²) in [5, 5.41) is 0. The van der Waals surface area contributed by atoms with E-state index in [1.165, 1.54) is 12.8 Å². The fraction of sp³-hybridized carbons (Fsp3) is 0.944. The first-order chi connectivity index (χ1) is 9.36. The van der Waals surface area contributed by atoms with Gasteiger partial charge in [0.2, 0.25) is 0 Å². The number of hydrogen-bond acceptors (Lipinski definition) is 2. The highest BCUT2D eigenvalue weighted by molar-refractivity contribution is 5.87. The normalized spacial score (nSPS) is 46.3. The fourth-order valence-corrected chi connectivity index (χ4v) is 5.41. The molecule has 3 rings (SSSR count). The van der Waals surface area contributed by atoms with Crippen LogP contribution in [-0.4, -0.2) is 17.0 Å². The molecule has 3 aliphatic rings. The van der Waals surface area contributed by atoms with Gasteiger partial charge >= 0.3 is 0 Å². The highest BCUT2D eigenvalue weighted by Gasteiger charge is 2.67.